The maximum absolute atomic E-state index is 13.2. The van der Waals surface area contributed by atoms with Gasteiger partial charge >= 0.3 is 6.61 Å². The molecule has 0 saturated carbocycles. The Labute approximate surface area is 203 Å². The molecule has 2 aliphatic heterocycles. The van der Waals surface area contributed by atoms with E-state index >= 15 is 0 Å². The van der Waals surface area contributed by atoms with Crippen LogP contribution in [0.25, 0.3) is 11.0 Å². The lowest BCUT2D eigenvalue weighted by Gasteiger charge is -2.24. The molecule has 4 aromatic rings. The molecule has 0 spiro atoms. The maximum atomic E-state index is 13.2. The highest BCUT2D eigenvalue weighted by molar-refractivity contribution is 5.97. The van der Waals surface area contributed by atoms with Crippen LogP contribution in [0.15, 0.2) is 42.9 Å². The van der Waals surface area contributed by atoms with E-state index in [2.05, 4.69) is 21.9 Å². The molecule has 3 aromatic heterocycles. The summed E-state index contributed by atoms with van der Waals surface area (Å²) in [4.78, 5) is 23.6. The molecule has 0 radical (unpaired) electrons. The Balaban J connectivity index is 1.47. The summed E-state index contributed by atoms with van der Waals surface area (Å²) in [5, 5.41) is 13.2. The lowest BCUT2D eigenvalue weighted by Crippen LogP contribution is -2.30. The van der Waals surface area contributed by atoms with Gasteiger partial charge in [0.05, 0.1) is 59.2 Å². The summed E-state index contributed by atoms with van der Waals surface area (Å²) in [6.07, 6.45) is 5.17. The number of fused-ring (bicyclic) bond motifs is 9. The first-order valence-corrected chi connectivity index (χ1v) is 11.3. The number of nitrogens with zero attached hydrogens (tertiary/aromatic N) is 6. The van der Waals surface area contributed by atoms with E-state index in [4.69, 9.17) is 14.8 Å². The van der Waals surface area contributed by atoms with Crippen molar-refractivity contribution in [3.63, 3.8) is 0 Å². The zero-order valence-corrected chi connectivity index (χ0v) is 19.1. The average molecular weight is 490 g/mol. The van der Waals surface area contributed by atoms with Gasteiger partial charge in [-0.25, -0.2) is 9.97 Å². The van der Waals surface area contributed by atoms with E-state index in [9.17, 15) is 13.6 Å². The Hall–Kier alpha value is -4.30. The Morgan fingerprint density at radius 3 is 2.86 bits per heavy atom. The summed E-state index contributed by atoms with van der Waals surface area (Å²) in [5.74, 6) is 6.34. The molecule has 9 nitrogen and oxygen atoms in total. The van der Waals surface area contributed by atoms with Crippen LogP contribution in [0.3, 0.4) is 0 Å². The first-order valence-electron chi connectivity index (χ1n) is 11.3. The third-order valence-electron chi connectivity index (χ3n) is 6.59. The van der Waals surface area contributed by atoms with E-state index in [1.807, 2.05) is 22.8 Å². The number of pyridine rings is 1. The fourth-order valence-electron chi connectivity index (χ4n) is 5.02. The Bertz CT molecular complexity index is 1570. The first kappa shape index (κ1) is 22.2. The third kappa shape index (κ3) is 3.49. The molecule has 182 valence electrons. The summed E-state index contributed by atoms with van der Waals surface area (Å²) in [7, 11) is 1.69. The van der Waals surface area contributed by atoms with E-state index in [1.165, 1.54) is 6.20 Å². The normalized spacial score (nSPS) is 18.1. The number of aromatic nitrogens is 5. The van der Waals surface area contributed by atoms with Crippen LogP contribution < -0.4 is 4.74 Å². The molecule has 0 saturated heterocycles. The molecule has 11 heteroatoms. The van der Waals surface area contributed by atoms with Gasteiger partial charge in [0.25, 0.3) is 5.91 Å². The summed E-state index contributed by atoms with van der Waals surface area (Å²) >= 11 is 0. The predicted octanol–water partition coefficient (Wildman–Crippen LogP) is 2.74. The fourth-order valence-corrected chi connectivity index (χ4v) is 5.02. The lowest BCUT2D eigenvalue weighted by molar-refractivity contribution is -0.0537. The third-order valence-corrected chi connectivity index (χ3v) is 6.59. The molecule has 1 amide bonds. The molecule has 0 unspecified atom stereocenters. The molecule has 0 aliphatic carbocycles. The number of hydrogen-bond acceptors (Lipinski definition) is 6. The number of hydrogen-bond donors (Lipinski definition) is 1. The number of ether oxygens (including phenoxy) is 1. The summed E-state index contributed by atoms with van der Waals surface area (Å²) in [6, 6.07) is 6.37. The Morgan fingerprint density at radius 2 is 2.06 bits per heavy atom. The summed E-state index contributed by atoms with van der Waals surface area (Å²) in [5.41, 5.74) is 3.57. The quantitative estimate of drug-likeness (QED) is 0.442. The van der Waals surface area contributed by atoms with E-state index < -0.39 is 12.7 Å². The number of alkyl halides is 2. The summed E-state index contributed by atoms with van der Waals surface area (Å²) in [6.45, 7) is -2.69. The van der Waals surface area contributed by atoms with Crippen molar-refractivity contribution in [3.8, 4) is 17.7 Å². The van der Waals surface area contributed by atoms with E-state index in [0.717, 1.165) is 11.1 Å². The van der Waals surface area contributed by atoms with Crippen LogP contribution in [0.5, 0.6) is 5.88 Å². The van der Waals surface area contributed by atoms with E-state index in [0.29, 0.717) is 41.0 Å². The number of amides is 1. The molecule has 0 fully saturated rings. The predicted molar refractivity (Wildman–Crippen MR) is 123 cm³/mol. The standard InChI is InChI=1S/C25H20F2N6O3/c1-31-20-11-19(21-16(24(31)35)6-7-28-23(21)36-25(26)27)33-18-10-14(4-5-17(18)30-22(20)33)2-3-15-12-29-32(13-15)8-9-34/h4-7,10,12-13,19-20,25,34H,8-9,11H2,1H3/t19-,20-/m1/s1. The topological polar surface area (TPSA) is 98.3 Å². The van der Waals surface area contributed by atoms with Crippen LogP contribution in [0.2, 0.25) is 0 Å². The zero-order valence-electron chi connectivity index (χ0n) is 19.1. The van der Waals surface area contributed by atoms with Crippen molar-refractivity contribution < 1.29 is 23.4 Å². The van der Waals surface area contributed by atoms with Crippen LogP contribution in [0, 0.1) is 11.8 Å². The van der Waals surface area contributed by atoms with Gasteiger partial charge in [0.1, 0.15) is 5.82 Å². The molecule has 2 bridgehead atoms. The molecule has 6 rings (SSSR count). The monoisotopic (exact) mass is 490 g/mol. The van der Waals surface area contributed by atoms with Gasteiger partial charge < -0.3 is 19.3 Å². The van der Waals surface area contributed by atoms with Crippen molar-refractivity contribution in [2.45, 2.75) is 31.7 Å². The van der Waals surface area contributed by atoms with Gasteiger partial charge in [0, 0.05) is 31.4 Å². The molecule has 1 N–H and O–H groups in total. The SMILES string of the molecule is CN1C(=O)c2ccnc(OC(F)F)c2[C@H]2C[C@@H]1c1nc3ccc(C#Cc4cnn(CCO)c4)cc3n12. The number of halogens is 2. The van der Waals surface area contributed by atoms with Gasteiger partial charge in [0.15, 0.2) is 0 Å². The van der Waals surface area contributed by atoms with Crippen LogP contribution in [-0.4, -0.2) is 60.5 Å². The van der Waals surface area contributed by atoms with Gasteiger partial charge in [-0.05, 0) is 24.3 Å². The first-order chi connectivity index (χ1) is 17.4. The van der Waals surface area contributed by atoms with Crippen molar-refractivity contribution >= 4 is 16.9 Å². The Morgan fingerprint density at radius 1 is 1.22 bits per heavy atom. The van der Waals surface area contributed by atoms with Crippen molar-refractivity contribution in [1.29, 1.82) is 0 Å². The van der Waals surface area contributed by atoms with Gasteiger partial charge in [-0.1, -0.05) is 11.8 Å². The summed E-state index contributed by atoms with van der Waals surface area (Å²) < 4.78 is 34.8. The highest BCUT2D eigenvalue weighted by Crippen LogP contribution is 2.49. The molecule has 2 aliphatic rings. The number of rotatable bonds is 4. The minimum Gasteiger partial charge on any atom is -0.417 e. The Kier molecular flexibility index (Phi) is 5.19. The van der Waals surface area contributed by atoms with Crippen LogP contribution in [0.4, 0.5) is 8.78 Å². The number of carbonyl (C=O) groups excluding carboxylic acids is 1. The molecule has 5 heterocycles. The zero-order chi connectivity index (χ0) is 25.0. The number of benzene rings is 1. The number of carbonyl (C=O) groups is 1. The second-order valence-corrected chi connectivity index (χ2v) is 8.65. The molecular formula is C25H20F2N6O3. The molecule has 1 aromatic carbocycles. The van der Waals surface area contributed by atoms with E-state index in [-0.39, 0.29) is 24.4 Å². The van der Waals surface area contributed by atoms with Gasteiger partial charge in [-0.2, -0.15) is 13.9 Å². The van der Waals surface area contributed by atoms with Gasteiger partial charge in [-0.15, -0.1) is 0 Å². The lowest BCUT2D eigenvalue weighted by atomic mass is 10.0. The molecule has 2 atom stereocenters. The van der Waals surface area contributed by atoms with E-state index in [1.54, 1.807) is 35.1 Å². The highest BCUT2D eigenvalue weighted by atomic mass is 19.3. The van der Waals surface area contributed by atoms with Crippen LogP contribution in [-0.2, 0) is 6.54 Å². The highest BCUT2D eigenvalue weighted by Gasteiger charge is 2.45. The smallest absolute Gasteiger partial charge is 0.388 e. The number of aliphatic hydroxyl groups is 1. The second kappa shape index (κ2) is 8.42. The maximum Gasteiger partial charge on any atom is 0.388 e. The molecular weight excluding hydrogens is 470 g/mol. The van der Waals surface area contributed by atoms with Gasteiger partial charge in [-0.3, -0.25) is 9.48 Å². The van der Waals surface area contributed by atoms with Crippen molar-refractivity contribution in [2.75, 3.05) is 13.7 Å². The molecule has 36 heavy (non-hydrogen) atoms. The average Bonchev–Trinajstić information content (AvgIpc) is 3.54. The van der Waals surface area contributed by atoms with Crippen LogP contribution in [0.1, 0.15) is 51.4 Å². The minimum absolute atomic E-state index is 0.0107. The minimum atomic E-state index is -3.07. The van der Waals surface area contributed by atoms with Gasteiger partial charge in [0.2, 0.25) is 5.88 Å². The second-order valence-electron chi connectivity index (χ2n) is 8.65. The fraction of sp³-hybridized carbons (Fsp3) is 0.280. The van der Waals surface area contributed by atoms with Crippen LogP contribution >= 0.6 is 0 Å². The largest absolute Gasteiger partial charge is 0.417 e. The number of imidazole rings is 1. The van der Waals surface area contributed by atoms with Crippen molar-refractivity contribution in [2.24, 2.45) is 0 Å². The number of aliphatic hydroxyl groups excluding tert-OH is 1. The van der Waals surface area contributed by atoms with Crippen molar-refractivity contribution in [1.82, 2.24) is 29.2 Å². The van der Waals surface area contributed by atoms with Crippen molar-refractivity contribution in [3.05, 3.63) is 70.9 Å².